The van der Waals surface area contributed by atoms with Crippen molar-refractivity contribution in [2.75, 3.05) is 6.61 Å². The highest BCUT2D eigenvalue weighted by Gasteiger charge is 2.13. The Morgan fingerprint density at radius 1 is 0.639 bits per heavy atom. The van der Waals surface area contributed by atoms with Crippen molar-refractivity contribution in [3.63, 3.8) is 0 Å². The maximum Gasteiger partial charge on any atom is 0.195 e. The molecule has 0 aliphatic rings. The van der Waals surface area contributed by atoms with Gasteiger partial charge in [-0.05, 0) is 48.2 Å². The summed E-state index contributed by atoms with van der Waals surface area (Å²) in [6, 6.07) is 10.8. The van der Waals surface area contributed by atoms with Gasteiger partial charge in [0.2, 0.25) is 0 Å². The lowest BCUT2D eigenvalue weighted by atomic mass is 10.1. The molecule has 4 rings (SSSR count). The van der Waals surface area contributed by atoms with Gasteiger partial charge in [-0.3, -0.25) is 0 Å². The Bertz CT molecular complexity index is 1580. The summed E-state index contributed by atoms with van der Waals surface area (Å²) in [5, 5.41) is -0.00160. The molecule has 0 unspecified atom stereocenters. The Kier molecular flexibility index (Phi) is 7.22. The van der Waals surface area contributed by atoms with Gasteiger partial charge < -0.3 is 4.74 Å². The molecule has 0 atom stereocenters. The molecule has 1 nitrogen and oxygen atoms in total. The van der Waals surface area contributed by atoms with Gasteiger partial charge >= 0.3 is 0 Å². The molecule has 4 aromatic carbocycles. The zero-order valence-electron chi connectivity index (χ0n) is 18.8. The fraction of sp³-hybridized carbons (Fsp3) is 0.103. The lowest BCUT2D eigenvalue weighted by molar-refractivity contribution is 0.313. The average Bonchev–Trinajstić information content (AvgIpc) is 2.85. The highest BCUT2D eigenvalue weighted by molar-refractivity contribution is 5.84. The molecule has 0 fully saturated rings. The van der Waals surface area contributed by atoms with E-state index in [1.807, 2.05) is 6.92 Å². The van der Waals surface area contributed by atoms with Crippen molar-refractivity contribution in [3.05, 3.63) is 112 Å². The highest BCUT2D eigenvalue weighted by atomic mass is 19.2. The van der Waals surface area contributed by atoms with Crippen LogP contribution in [0.25, 0.3) is 10.8 Å². The molecule has 0 aliphatic carbocycles. The van der Waals surface area contributed by atoms with Gasteiger partial charge in [0.15, 0.2) is 17.5 Å². The Morgan fingerprint density at radius 2 is 1.31 bits per heavy atom. The van der Waals surface area contributed by atoms with Crippen LogP contribution in [0.1, 0.15) is 35.6 Å². The molecule has 0 radical (unpaired) electrons. The SMILES string of the molecule is CCCOc1cc(F)c(C#Cc2ccc(C#Cc3ccc4c(F)c(F)c(F)cc4c3)c(F)c2)c(F)c1. The minimum atomic E-state index is -1.56. The molecule has 0 saturated heterocycles. The monoisotopic (exact) mass is 494 g/mol. The van der Waals surface area contributed by atoms with Crippen molar-refractivity contribution in [1.82, 2.24) is 0 Å². The van der Waals surface area contributed by atoms with E-state index in [0.717, 1.165) is 24.3 Å². The van der Waals surface area contributed by atoms with Crippen molar-refractivity contribution in [2.24, 2.45) is 0 Å². The second kappa shape index (κ2) is 10.5. The van der Waals surface area contributed by atoms with E-state index in [1.165, 1.54) is 30.3 Å². The Morgan fingerprint density at radius 3 is 2.00 bits per heavy atom. The van der Waals surface area contributed by atoms with Gasteiger partial charge in [-0.15, -0.1) is 0 Å². The van der Waals surface area contributed by atoms with Crippen LogP contribution in [0, 0.1) is 58.6 Å². The van der Waals surface area contributed by atoms with Crippen LogP contribution < -0.4 is 4.74 Å². The third-order valence-electron chi connectivity index (χ3n) is 5.10. The molecule has 0 aromatic heterocycles. The van der Waals surface area contributed by atoms with E-state index in [4.69, 9.17) is 4.74 Å². The molecule has 7 heteroatoms. The highest BCUT2D eigenvalue weighted by Crippen LogP contribution is 2.24. The third-order valence-corrected chi connectivity index (χ3v) is 5.10. The number of ether oxygens (including phenoxy) is 1. The van der Waals surface area contributed by atoms with Gasteiger partial charge in [-0.2, -0.15) is 0 Å². The lowest BCUT2D eigenvalue weighted by Gasteiger charge is -2.06. The van der Waals surface area contributed by atoms with Gasteiger partial charge in [-0.25, -0.2) is 26.3 Å². The zero-order chi connectivity index (χ0) is 25.8. The van der Waals surface area contributed by atoms with Crippen LogP contribution in [0.5, 0.6) is 5.75 Å². The second-order valence-corrected chi connectivity index (χ2v) is 7.73. The number of hydrogen-bond acceptors (Lipinski definition) is 1. The molecule has 0 N–H and O–H groups in total. The van der Waals surface area contributed by atoms with Crippen LogP contribution in [-0.2, 0) is 0 Å². The van der Waals surface area contributed by atoms with E-state index in [-0.39, 0.29) is 27.6 Å². The maximum absolute atomic E-state index is 14.5. The van der Waals surface area contributed by atoms with E-state index in [2.05, 4.69) is 23.7 Å². The van der Waals surface area contributed by atoms with Crippen LogP contribution in [0.4, 0.5) is 26.3 Å². The number of fused-ring (bicyclic) bond motifs is 1. The first-order chi connectivity index (χ1) is 17.3. The fourth-order valence-electron chi connectivity index (χ4n) is 3.32. The van der Waals surface area contributed by atoms with E-state index in [9.17, 15) is 26.3 Å². The van der Waals surface area contributed by atoms with Crippen molar-refractivity contribution < 1.29 is 31.1 Å². The molecule has 0 aliphatic heterocycles. The van der Waals surface area contributed by atoms with Crippen LogP contribution in [-0.4, -0.2) is 6.61 Å². The summed E-state index contributed by atoms with van der Waals surface area (Å²) < 4.78 is 89.0. The Labute approximate surface area is 203 Å². The predicted molar refractivity (Wildman–Crippen MR) is 124 cm³/mol. The summed E-state index contributed by atoms with van der Waals surface area (Å²) in [7, 11) is 0. The van der Waals surface area contributed by atoms with Crippen LogP contribution in [0.3, 0.4) is 0 Å². The molecular weight excluding hydrogens is 478 g/mol. The molecule has 0 amide bonds. The quantitative estimate of drug-likeness (QED) is 0.165. The molecule has 4 aromatic rings. The van der Waals surface area contributed by atoms with Crippen LogP contribution in [0.2, 0.25) is 0 Å². The minimum Gasteiger partial charge on any atom is -0.493 e. The van der Waals surface area contributed by atoms with Crippen LogP contribution in [0.15, 0.2) is 54.6 Å². The summed E-state index contributed by atoms with van der Waals surface area (Å²) >= 11 is 0. The third kappa shape index (κ3) is 5.31. The number of rotatable bonds is 3. The first kappa shape index (κ1) is 24.8. The number of halogens is 6. The van der Waals surface area contributed by atoms with E-state index in [1.54, 1.807) is 0 Å². The Balaban J connectivity index is 1.57. The van der Waals surface area contributed by atoms with Gasteiger partial charge in [-0.1, -0.05) is 36.7 Å². The molecule has 0 heterocycles. The van der Waals surface area contributed by atoms with E-state index in [0.29, 0.717) is 18.6 Å². The standard InChI is InChI=1S/C29H16F6O/c1-2-11-36-21-15-25(31)23(26(32)16-21)10-6-18-4-8-19(24(30)13-18)7-3-17-5-9-22-20(12-17)14-27(33)29(35)28(22)34/h4-5,8-9,12-16H,2,11H2,1H3. The van der Waals surface area contributed by atoms with Gasteiger partial charge in [0.25, 0.3) is 0 Å². The summed E-state index contributed by atoms with van der Waals surface area (Å²) in [5.41, 5.74) is 0.0365. The second-order valence-electron chi connectivity index (χ2n) is 7.73. The first-order valence-corrected chi connectivity index (χ1v) is 10.8. The zero-order valence-corrected chi connectivity index (χ0v) is 18.8. The fourth-order valence-corrected chi connectivity index (χ4v) is 3.32. The predicted octanol–water partition coefficient (Wildman–Crippen LogP) is 7.26. The van der Waals surface area contributed by atoms with Crippen molar-refractivity contribution in [1.29, 1.82) is 0 Å². The van der Waals surface area contributed by atoms with Crippen LogP contribution >= 0.6 is 0 Å². The van der Waals surface area contributed by atoms with Gasteiger partial charge in [0.05, 0.1) is 17.7 Å². The summed E-state index contributed by atoms with van der Waals surface area (Å²) in [4.78, 5) is 0. The largest absolute Gasteiger partial charge is 0.493 e. The van der Waals surface area contributed by atoms with Crippen molar-refractivity contribution >= 4 is 10.8 Å². The molecular formula is C29H16F6O. The van der Waals surface area contributed by atoms with Crippen molar-refractivity contribution in [2.45, 2.75) is 13.3 Å². The normalized spacial score (nSPS) is 10.4. The number of hydrogen-bond donors (Lipinski definition) is 0. The minimum absolute atomic E-state index is 0.00639. The lowest BCUT2D eigenvalue weighted by Crippen LogP contribution is -1.98. The van der Waals surface area contributed by atoms with Crippen molar-refractivity contribution in [3.8, 4) is 29.4 Å². The topological polar surface area (TPSA) is 9.23 Å². The summed E-state index contributed by atoms with van der Waals surface area (Å²) in [6.07, 6.45) is 0.681. The number of benzene rings is 4. The van der Waals surface area contributed by atoms with Gasteiger partial charge in [0.1, 0.15) is 23.2 Å². The summed E-state index contributed by atoms with van der Waals surface area (Å²) in [6.45, 7) is 2.18. The average molecular weight is 494 g/mol. The molecule has 36 heavy (non-hydrogen) atoms. The molecule has 180 valence electrons. The molecule has 0 spiro atoms. The van der Waals surface area contributed by atoms with Gasteiger partial charge in [0, 0.05) is 28.6 Å². The Hall–Kier alpha value is -4.36. The maximum atomic E-state index is 14.5. The first-order valence-electron chi connectivity index (χ1n) is 10.8. The molecule has 0 saturated carbocycles. The molecule has 0 bridgehead atoms. The van der Waals surface area contributed by atoms with E-state index < -0.39 is 40.5 Å². The summed E-state index contributed by atoms with van der Waals surface area (Å²) in [5.74, 6) is 3.54. The van der Waals surface area contributed by atoms with E-state index >= 15 is 0 Å². The smallest absolute Gasteiger partial charge is 0.195 e.